The van der Waals surface area contributed by atoms with Gasteiger partial charge in [-0.1, -0.05) is 119 Å². The fourth-order valence-corrected chi connectivity index (χ4v) is 4.34. The highest BCUT2D eigenvalue weighted by atomic mass is 14.9. The number of hydrogen-bond acceptors (Lipinski definition) is 1. The summed E-state index contributed by atoms with van der Waals surface area (Å²) in [5, 5.41) is 3.51. The second-order valence-electron chi connectivity index (χ2n) is 8.95. The zero-order valence-electron chi connectivity index (χ0n) is 22.2. The molecule has 5 rings (SSSR count). The van der Waals surface area contributed by atoms with Crippen LogP contribution in [0.5, 0.6) is 0 Å². The first kappa shape index (κ1) is 26.3. The predicted molar refractivity (Wildman–Crippen MR) is 156 cm³/mol. The number of aryl methyl sites for hydroxylation is 2. The van der Waals surface area contributed by atoms with E-state index in [1.165, 1.54) is 71.0 Å². The molecule has 0 fully saturated rings. The van der Waals surface area contributed by atoms with E-state index in [2.05, 4.69) is 117 Å². The minimum atomic E-state index is 1.10. The number of rotatable bonds is 6. The third-order valence-corrected chi connectivity index (χ3v) is 6.35. The van der Waals surface area contributed by atoms with Crippen LogP contribution in [0.25, 0.3) is 22.3 Å². The van der Waals surface area contributed by atoms with E-state index in [0.717, 1.165) is 11.4 Å². The summed E-state index contributed by atoms with van der Waals surface area (Å²) in [6.07, 6.45) is 6.51. The molecule has 1 N–H and O–H groups in total. The normalized spacial score (nSPS) is 11.1. The molecular weight excluding hydrogens is 422 g/mol. The number of fused-ring (bicyclic) bond motifs is 1. The van der Waals surface area contributed by atoms with Gasteiger partial charge < -0.3 is 5.32 Å². The van der Waals surface area contributed by atoms with Crippen LogP contribution in [-0.4, -0.2) is 0 Å². The van der Waals surface area contributed by atoms with E-state index in [-0.39, 0.29) is 0 Å². The van der Waals surface area contributed by atoms with E-state index in [1.807, 2.05) is 13.8 Å². The van der Waals surface area contributed by atoms with Gasteiger partial charge in [-0.25, -0.2) is 0 Å². The lowest BCUT2D eigenvalue weighted by Gasteiger charge is -2.22. The van der Waals surface area contributed by atoms with E-state index in [0.29, 0.717) is 0 Å². The fourth-order valence-electron chi connectivity index (χ4n) is 4.34. The SMILES string of the molecule is CC.CCCCC.Cc1cccc(-c2ccc(Nc3ccc(-c4cccc5c4CC5)cc3)cc2)c1. The van der Waals surface area contributed by atoms with Crippen molar-refractivity contribution in [2.24, 2.45) is 0 Å². The van der Waals surface area contributed by atoms with Crippen molar-refractivity contribution in [1.29, 1.82) is 0 Å². The Kier molecular flexibility index (Phi) is 10.2. The van der Waals surface area contributed by atoms with Gasteiger partial charge in [-0.05, 0) is 77.4 Å². The number of nitrogens with one attached hydrogen (secondary N) is 1. The van der Waals surface area contributed by atoms with Crippen LogP contribution in [0.3, 0.4) is 0 Å². The summed E-state index contributed by atoms with van der Waals surface area (Å²) in [4.78, 5) is 0. The van der Waals surface area contributed by atoms with Crippen molar-refractivity contribution in [1.82, 2.24) is 0 Å². The highest BCUT2D eigenvalue weighted by molar-refractivity contribution is 5.74. The van der Waals surface area contributed by atoms with Gasteiger partial charge in [0.25, 0.3) is 0 Å². The topological polar surface area (TPSA) is 12.0 Å². The van der Waals surface area contributed by atoms with E-state index in [9.17, 15) is 0 Å². The zero-order valence-corrected chi connectivity index (χ0v) is 22.2. The highest BCUT2D eigenvalue weighted by Gasteiger charge is 2.17. The van der Waals surface area contributed by atoms with E-state index < -0.39 is 0 Å². The molecule has 4 aromatic carbocycles. The molecule has 1 nitrogen and oxygen atoms in total. The van der Waals surface area contributed by atoms with Crippen LogP contribution in [0.4, 0.5) is 11.4 Å². The average molecular weight is 464 g/mol. The highest BCUT2D eigenvalue weighted by Crippen LogP contribution is 2.34. The van der Waals surface area contributed by atoms with E-state index >= 15 is 0 Å². The average Bonchev–Trinajstić information content (AvgIpc) is 2.88. The lowest BCUT2D eigenvalue weighted by molar-refractivity contribution is 0.772. The second-order valence-corrected chi connectivity index (χ2v) is 8.95. The summed E-state index contributed by atoms with van der Waals surface area (Å²) >= 11 is 0. The van der Waals surface area contributed by atoms with Gasteiger partial charge in [0.1, 0.15) is 0 Å². The molecule has 0 heterocycles. The first-order chi connectivity index (χ1) is 17.2. The Morgan fingerprint density at radius 3 is 1.74 bits per heavy atom. The van der Waals surface area contributed by atoms with Gasteiger partial charge in [0, 0.05) is 11.4 Å². The number of benzene rings is 4. The van der Waals surface area contributed by atoms with Crippen molar-refractivity contribution in [2.75, 3.05) is 5.32 Å². The standard InChI is InChI=1S/C27H23N.C5H12.C2H6/c1-19-4-2-6-23(18-19)20-8-13-24(14-9-20)28-25-15-10-22(11-16-25)26-7-3-5-21-12-17-27(21)26;1-3-5-4-2;1-2/h2-11,13-16,18,28H,12,17H2,1H3;3-5H2,1-2H3;1-2H3. The molecule has 0 unspecified atom stereocenters. The summed E-state index contributed by atoms with van der Waals surface area (Å²) in [6.45, 7) is 10.6. The summed E-state index contributed by atoms with van der Waals surface area (Å²) in [7, 11) is 0. The summed E-state index contributed by atoms with van der Waals surface area (Å²) in [5.41, 5.74) is 11.7. The molecule has 1 aliphatic rings. The van der Waals surface area contributed by atoms with Gasteiger partial charge in [0.05, 0.1) is 0 Å². The van der Waals surface area contributed by atoms with Gasteiger partial charge in [-0.15, -0.1) is 0 Å². The first-order valence-electron chi connectivity index (χ1n) is 13.3. The molecule has 0 saturated heterocycles. The van der Waals surface area contributed by atoms with Crippen LogP contribution in [0.1, 0.15) is 63.6 Å². The minimum Gasteiger partial charge on any atom is -0.356 e. The summed E-state index contributed by atoms with van der Waals surface area (Å²) in [5.74, 6) is 0. The Balaban J connectivity index is 0.000000438. The van der Waals surface area contributed by atoms with Gasteiger partial charge >= 0.3 is 0 Å². The Bertz CT molecular complexity index is 1170. The maximum atomic E-state index is 3.51. The van der Waals surface area contributed by atoms with Crippen LogP contribution >= 0.6 is 0 Å². The predicted octanol–water partition coefficient (Wildman–Crippen LogP) is 10.4. The van der Waals surface area contributed by atoms with Crippen molar-refractivity contribution in [2.45, 2.75) is 66.7 Å². The summed E-state index contributed by atoms with van der Waals surface area (Å²) < 4.78 is 0. The third-order valence-electron chi connectivity index (χ3n) is 6.35. The van der Waals surface area contributed by atoms with Gasteiger partial charge in [-0.2, -0.15) is 0 Å². The second kappa shape index (κ2) is 13.5. The van der Waals surface area contributed by atoms with Crippen LogP contribution in [0.15, 0.2) is 91.0 Å². The Morgan fingerprint density at radius 2 is 1.23 bits per heavy atom. The first-order valence-corrected chi connectivity index (χ1v) is 13.3. The van der Waals surface area contributed by atoms with E-state index in [4.69, 9.17) is 0 Å². The number of unbranched alkanes of at least 4 members (excludes halogenated alkanes) is 2. The summed E-state index contributed by atoms with van der Waals surface area (Å²) in [6, 6.07) is 32.7. The van der Waals surface area contributed by atoms with E-state index in [1.54, 1.807) is 0 Å². The quantitative estimate of drug-likeness (QED) is 0.300. The molecule has 0 saturated carbocycles. The maximum absolute atomic E-state index is 3.51. The fraction of sp³-hybridized carbons (Fsp3) is 0.294. The molecule has 0 bridgehead atoms. The maximum Gasteiger partial charge on any atom is 0.0384 e. The largest absolute Gasteiger partial charge is 0.356 e. The molecule has 4 aromatic rings. The van der Waals surface area contributed by atoms with Crippen molar-refractivity contribution in [3.63, 3.8) is 0 Å². The van der Waals surface area contributed by atoms with Crippen LogP contribution in [0, 0.1) is 6.92 Å². The van der Waals surface area contributed by atoms with Crippen molar-refractivity contribution in [3.8, 4) is 22.3 Å². The van der Waals surface area contributed by atoms with Crippen molar-refractivity contribution in [3.05, 3.63) is 108 Å². The number of anilines is 2. The smallest absolute Gasteiger partial charge is 0.0384 e. The zero-order chi connectivity index (χ0) is 25.0. The number of hydrogen-bond donors (Lipinski definition) is 1. The van der Waals surface area contributed by atoms with Gasteiger partial charge in [0.2, 0.25) is 0 Å². The third kappa shape index (κ3) is 7.09. The molecule has 0 aromatic heterocycles. The molecule has 0 spiro atoms. The Hall–Kier alpha value is -3.32. The van der Waals surface area contributed by atoms with Crippen LogP contribution < -0.4 is 5.32 Å². The minimum absolute atomic E-state index is 1.10. The monoisotopic (exact) mass is 463 g/mol. The lowest BCUT2D eigenvalue weighted by Crippen LogP contribution is -2.09. The molecule has 0 amide bonds. The molecule has 0 atom stereocenters. The van der Waals surface area contributed by atoms with Gasteiger partial charge in [0.15, 0.2) is 0 Å². The van der Waals surface area contributed by atoms with Gasteiger partial charge in [-0.3, -0.25) is 0 Å². The molecule has 35 heavy (non-hydrogen) atoms. The Morgan fingerprint density at radius 1 is 0.629 bits per heavy atom. The Labute approximate surface area is 213 Å². The van der Waals surface area contributed by atoms with Crippen LogP contribution in [0.2, 0.25) is 0 Å². The van der Waals surface area contributed by atoms with Crippen molar-refractivity contribution < 1.29 is 0 Å². The van der Waals surface area contributed by atoms with Crippen LogP contribution in [-0.2, 0) is 12.8 Å². The van der Waals surface area contributed by atoms with Crippen molar-refractivity contribution >= 4 is 11.4 Å². The molecule has 0 radical (unpaired) electrons. The molecule has 1 heteroatoms. The molecular formula is C34H41N. The molecule has 0 aliphatic heterocycles. The molecule has 182 valence electrons. The molecule has 1 aliphatic carbocycles. The lowest BCUT2D eigenvalue weighted by atomic mass is 9.82.